The number of hydrogen-bond acceptors (Lipinski definition) is 3. The van der Waals surface area contributed by atoms with Crippen LogP contribution in [0.4, 0.5) is 0 Å². The molecule has 0 aliphatic rings. The van der Waals surface area contributed by atoms with E-state index in [1.54, 1.807) is 24.0 Å². The zero-order valence-electron chi connectivity index (χ0n) is 12.8. The molecule has 0 radical (unpaired) electrons. The van der Waals surface area contributed by atoms with Crippen LogP contribution in [-0.2, 0) is 9.53 Å². The van der Waals surface area contributed by atoms with Crippen LogP contribution in [0.25, 0.3) is 0 Å². The number of ether oxygens (including phenoxy) is 1. The van der Waals surface area contributed by atoms with E-state index in [0.29, 0.717) is 31.2 Å². The van der Waals surface area contributed by atoms with Crippen LogP contribution in [0.2, 0.25) is 0 Å². The highest BCUT2D eigenvalue weighted by atomic mass is 79.9. The maximum absolute atomic E-state index is 12.5. The normalized spacial score (nSPS) is 10.5. The average Bonchev–Trinajstić information content (AvgIpc) is 2.43. The van der Waals surface area contributed by atoms with Crippen LogP contribution in [-0.4, -0.2) is 36.5 Å². The van der Waals surface area contributed by atoms with Crippen molar-refractivity contribution in [1.82, 2.24) is 4.90 Å². The lowest BCUT2D eigenvalue weighted by atomic mass is 10.1. The summed E-state index contributed by atoms with van der Waals surface area (Å²) in [6.07, 6.45) is 0.225. The number of nitrogens with zero attached hydrogens (tertiary/aromatic N) is 1. The van der Waals surface area contributed by atoms with E-state index in [2.05, 4.69) is 15.9 Å². The quantitative estimate of drug-likeness (QED) is 0.703. The zero-order chi connectivity index (χ0) is 15.8. The van der Waals surface area contributed by atoms with E-state index in [4.69, 9.17) is 4.74 Å². The van der Waals surface area contributed by atoms with Gasteiger partial charge < -0.3 is 9.64 Å². The lowest BCUT2D eigenvalue weighted by Crippen LogP contribution is -2.36. The molecule has 0 aromatic heterocycles. The summed E-state index contributed by atoms with van der Waals surface area (Å²) in [5.41, 5.74) is 0.628. The minimum Gasteiger partial charge on any atom is -0.466 e. The van der Waals surface area contributed by atoms with Gasteiger partial charge >= 0.3 is 5.97 Å². The second kappa shape index (κ2) is 8.82. The maximum Gasteiger partial charge on any atom is 0.307 e. The van der Waals surface area contributed by atoms with E-state index in [9.17, 15) is 9.59 Å². The zero-order valence-corrected chi connectivity index (χ0v) is 14.4. The van der Waals surface area contributed by atoms with Gasteiger partial charge in [-0.1, -0.05) is 29.8 Å². The number of carbonyl (C=O) groups is 2. The molecule has 0 N–H and O–H groups in total. The molecule has 1 amide bonds. The van der Waals surface area contributed by atoms with Crippen LogP contribution in [0, 0.1) is 5.92 Å². The van der Waals surface area contributed by atoms with Gasteiger partial charge in [0.2, 0.25) is 0 Å². The molecular formula is C16H22BrNO3. The molecule has 116 valence electrons. The largest absolute Gasteiger partial charge is 0.466 e. The van der Waals surface area contributed by atoms with Crippen molar-refractivity contribution in [1.29, 1.82) is 0 Å². The van der Waals surface area contributed by atoms with E-state index in [1.807, 2.05) is 26.0 Å². The van der Waals surface area contributed by atoms with Gasteiger partial charge in [-0.2, -0.15) is 0 Å². The van der Waals surface area contributed by atoms with Crippen molar-refractivity contribution < 1.29 is 14.3 Å². The van der Waals surface area contributed by atoms with Crippen molar-refractivity contribution in [3.8, 4) is 0 Å². The Labute approximate surface area is 134 Å². The summed E-state index contributed by atoms with van der Waals surface area (Å²) in [5, 5.41) is 0. The van der Waals surface area contributed by atoms with Gasteiger partial charge in [0, 0.05) is 23.1 Å². The smallest absolute Gasteiger partial charge is 0.307 e. The molecular weight excluding hydrogens is 334 g/mol. The molecule has 0 aliphatic heterocycles. The Morgan fingerprint density at radius 1 is 1.24 bits per heavy atom. The molecule has 1 aromatic rings. The van der Waals surface area contributed by atoms with E-state index >= 15 is 0 Å². The number of benzene rings is 1. The first kappa shape index (κ1) is 17.7. The average molecular weight is 356 g/mol. The Morgan fingerprint density at radius 3 is 2.38 bits per heavy atom. The number of esters is 1. The molecule has 0 saturated heterocycles. The van der Waals surface area contributed by atoms with Crippen LogP contribution >= 0.6 is 15.9 Å². The number of rotatable bonds is 7. The molecule has 0 bridgehead atoms. The predicted octanol–water partition coefficient (Wildman–Crippen LogP) is 3.50. The SMILES string of the molecule is CCOC(=O)CCN(CC(C)C)C(=O)c1ccc(Br)cc1. The third kappa shape index (κ3) is 6.29. The van der Waals surface area contributed by atoms with Gasteiger partial charge in [0.15, 0.2) is 0 Å². The maximum atomic E-state index is 12.5. The third-order valence-electron chi connectivity index (χ3n) is 2.86. The van der Waals surface area contributed by atoms with Crippen molar-refractivity contribution in [2.75, 3.05) is 19.7 Å². The van der Waals surface area contributed by atoms with E-state index in [-0.39, 0.29) is 18.3 Å². The standard InChI is InChI=1S/C16H22BrNO3/c1-4-21-15(19)9-10-18(11-12(2)3)16(20)13-5-7-14(17)8-6-13/h5-8,12H,4,9-11H2,1-3H3. The van der Waals surface area contributed by atoms with Crippen LogP contribution in [0.15, 0.2) is 28.7 Å². The Bertz CT molecular complexity index is 471. The first-order chi connectivity index (χ1) is 9.93. The highest BCUT2D eigenvalue weighted by Crippen LogP contribution is 2.13. The summed E-state index contributed by atoms with van der Waals surface area (Å²) >= 11 is 3.35. The van der Waals surface area contributed by atoms with Gasteiger partial charge in [0.05, 0.1) is 13.0 Å². The van der Waals surface area contributed by atoms with Crippen molar-refractivity contribution in [2.45, 2.75) is 27.2 Å². The second-order valence-corrected chi connectivity index (χ2v) is 6.12. The minimum atomic E-state index is -0.269. The fraction of sp³-hybridized carbons (Fsp3) is 0.500. The van der Waals surface area contributed by atoms with Crippen molar-refractivity contribution >= 4 is 27.8 Å². The Morgan fingerprint density at radius 2 is 1.86 bits per heavy atom. The van der Waals surface area contributed by atoms with Gasteiger partial charge in [-0.05, 0) is 37.1 Å². The fourth-order valence-electron chi connectivity index (χ4n) is 1.95. The van der Waals surface area contributed by atoms with Crippen LogP contribution < -0.4 is 0 Å². The summed E-state index contributed by atoms with van der Waals surface area (Å²) in [5.74, 6) is 0.0157. The minimum absolute atomic E-state index is 0.0551. The lowest BCUT2D eigenvalue weighted by Gasteiger charge is -2.24. The van der Waals surface area contributed by atoms with Crippen LogP contribution in [0.3, 0.4) is 0 Å². The number of hydrogen-bond donors (Lipinski definition) is 0. The molecule has 5 heteroatoms. The molecule has 0 atom stereocenters. The Balaban J connectivity index is 2.74. The topological polar surface area (TPSA) is 46.6 Å². The molecule has 0 aliphatic carbocycles. The second-order valence-electron chi connectivity index (χ2n) is 5.21. The number of halogens is 1. The monoisotopic (exact) mass is 355 g/mol. The van der Waals surface area contributed by atoms with Gasteiger partial charge in [0.1, 0.15) is 0 Å². The number of amides is 1. The molecule has 0 fully saturated rings. The van der Waals surface area contributed by atoms with E-state index in [0.717, 1.165) is 4.47 Å². The summed E-state index contributed by atoms with van der Waals surface area (Å²) in [6, 6.07) is 7.24. The molecule has 0 heterocycles. The number of carbonyl (C=O) groups excluding carboxylic acids is 2. The lowest BCUT2D eigenvalue weighted by molar-refractivity contribution is -0.143. The Kier molecular flexibility index (Phi) is 7.43. The molecule has 1 rings (SSSR count). The molecule has 21 heavy (non-hydrogen) atoms. The third-order valence-corrected chi connectivity index (χ3v) is 3.38. The summed E-state index contributed by atoms with van der Waals surface area (Å²) in [7, 11) is 0. The van der Waals surface area contributed by atoms with Gasteiger partial charge in [-0.25, -0.2) is 0 Å². The molecule has 0 saturated carbocycles. The van der Waals surface area contributed by atoms with Crippen molar-refractivity contribution in [3.63, 3.8) is 0 Å². The molecule has 0 unspecified atom stereocenters. The summed E-state index contributed by atoms with van der Waals surface area (Å²) < 4.78 is 5.85. The predicted molar refractivity (Wildman–Crippen MR) is 86.1 cm³/mol. The van der Waals surface area contributed by atoms with E-state index in [1.165, 1.54) is 0 Å². The first-order valence-corrected chi connectivity index (χ1v) is 7.93. The first-order valence-electron chi connectivity index (χ1n) is 7.14. The van der Waals surface area contributed by atoms with Gasteiger partial charge in [-0.3, -0.25) is 9.59 Å². The summed E-state index contributed by atoms with van der Waals surface area (Å²) in [6.45, 7) is 7.24. The Hall–Kier alpha value is -1.36. The van der Waals surface area contributed by atoms with Crippen LogP contribution in [0.1, 0.15) is 37.6 Å². The fourth-order valence-corrected chi connectivity index (χ4v) is 2.22. The molecule has 4 nitrogen and oxygen atoms in total. The highest BCUT2D eigenvalue weighted by Gasteiger charge is 2.18. The van der Waals surface area contributed by atoms with Crippen molar-refractivity contribution in [3.05, 3.63) is 34.3 Å². The molecule has 1 aromatic carbocycles. The van der Waals surface area contributed by atoms with Gasteiger partial charge in [-0.15, -0.1) is 0 Å². The van der Waals surface area contributed by atoms with Crippen molar-refractivity contribution in [2.24, 2.45) is 5.92 Å². The summed E-state index contributed by atoms with van der Waals surface area (Å²) in [4.78, 5) is 25.7. The highest BCUT2D eigenvalue weighted by molar-refractivity contribution is 9.10. The van der Waals surface area contributed by atoms with Crippen LogP contribution in [0.5, 0.6) is 0 Å². The molecule has 0 spiro atoms. The van der Waals surface area contributed by atoms with Gasteiger partial charge in [0.25, 0.3) is 5.91 Å². The van der Waals surface area contributed by atoms with E-state index < -0.39 is 0 Å².